The maximum atomic E-state index is 11.5. The third kappa shape index (κ3) is 3.20. The van der Waals surface area contributed by atoms with Crippen molar-refractivity contribution >= 4 is 37.0 Å². The van der Waals surface area contributed by atoms with E-state index in [2.05, 4.69) is 5.32 Å². The van der Waals surface area contributed by atoms with Crippen molar-refractivity contribution in [3.8, 4) is 0 Å². The Morgan fingerprint density at radius 1 is 1.59 bits per heavy atom. The van der Waals surface area contributed by atoms with Gasteiger partial charge in [-0.15, -0.1) is 11.3 Å². The zero-order valence-electron chi connectivity index (χ0n) is 9.14. The molecule has 0 spiro atoms. The van der Waals surface area contributed by atoms with Crippen molar-refractivity contribution in [2.24, 2.45) is 11.8 Å². The van der Waals surface area contributed by atoms with E-state index in [0.717, 1.165) is 22.6 Å². The van der Waals surface area contributed by atoms with Crippen molar-refractivity contribution in [2.75, 3.05) is 0 Å². The summed E-state index contributed by atoms with van der Waals surface area (Å²) < 4.78 is 22.2. The quantitative estimate of drug-likeness (QED) is 0.863. The van der Waals surface area contributed by atoms with E-state index in [0.29, 0.717) is 12.5 Å². The molecule has 1 aromatic rings. The molecular weight excluding hydrogens is 282 g/mol. The zero-order chi connectivity index (χ0) is 12.6. The Morgan fingerprint density at radius 3 is 2.71 bits per heavy atom. The molecule has 0 aliphatic heterocycles. The average molecular weight is 294 g/mol. The summed E-state index contributed by atoms with van der Waals surface area (Å²) >= 11 is 1.08. The van der Waals surface area contributed by atoms with Crippen LogP contribution in [0.3, 0.4) is 0 Å². The molecule has 1 aliphatic rings. The fourth-order valence-electron chi connectivity index (χ4n) is 1.58. The van der Waals surface area contributed by atoms with Crippen LogP contribution in [0.5, 0.6) is 0 Å². The average Bonchev–Trinajstić information content (AvgIpc) is 2.79. The van der Waals surface area contributed by atoms with Gasteiger partial charge in [-0.3, -0.25) is 4.79 Å². The number of amides is 1. The van der Waals surface area contributed by atoms with Crippen LogP contribution in [0.4, 0.5) is 0 Å². The van der Waals surface area contributed by atoms with Crippen molar-refractivity contribution in [2.45, 2.75) is 24.1 Å². The van der Waals surface area contributed by atoms with Crippen LogP contribution >= 0.6 is 22.0 Å². The predicted octanol–water partition coefficient (Wildman–Crippen LogP) is 1.95. The number of nitrogens with one attached hydrogen (secondary N) is 1. The summed E-state index contributed by atoms with van der Waals surface area (Å²) in [6.07, 6.45) is 0.942. The molecule has 1 aromatic heterocycles. The van der Waals surface area contributed by atoms with Gasteiger partial charge < -0.3 is 5.32 Å². The van der Waals surface area contributed by atoms with Gasteiger partial charge in [0.1, 0.15) is 4.21 Å². The second kappa shape index (κ2) is 4.59. The van der Waals surface area contributed by atoms with Crippen molar-refractivity contribution in [1.29, 1.82) is 0 Å². The predicted molar refractivity (Wildman–Crippen MR) is 66.5 cm³/mol. The second-order valence-corrected chi connectivity index (χ2v) is 8.16. The molecular formula is C10H12ClNO3S2. The van der Waals surface area contributed by atoms with Crippen LogP contribution in [0.2, 0.25) is 0 Å². The smallest absolute Gasteiger partial charge is 0.270 e. The largest absolute Gasteiger partial charge is 0.351 e. The minimum absolute atomic E-state index is 0.0428. The Hall–Kier alpha value is -0.590. The highest BCUT2D eigenvalue weighted by Crippen LogP contribution is 2.37. The van der Waals surface area contributed by atoms with Crippen molar-refractivity contribution in [1.82, 2.24) is 5.32 Å². The van der Waals surface area contributed by atoms with Gasteiger partial charge in [0.05, 0.1) is 6.54 Å². The lowest BCUT2D eigenvalue weighted by Gasteiger charge is -2.01. The molecule has 1 N–H and O–H groups in total. The molecule has 1 amide bonds. The van der Waals surface area contributed by atoms with E-state index in [-0.39, 0.29) is 16.0 Å². The molecule has 17 heavy (non-hydrogen) atoms. The molecule has 2 rings (SSSR count). The lowest BCUT2D eigenvalue weighted by molar-refractivity contribution is -0.122. The maximum Gasteiger partial charge on any atom is 0.270 e. The van der Waals surface area contributed by atoms with Gasteiger partial charge in [0.15, 0.2) is 0 Å². The van der Waals surface area contributed by atoms with Gasteiger partial charge in [0.25, 0.3) is 9.05 Å². The van der Waals surface area contributed by atoms with Gasteiger partial charge in [-0.05, 0) is 24.5 Å². The molecule has 1 fully saturated rings. The van der Waals surface area contributed by atoms with Gasteiger partial charge in [-0.2, -0.15) is 0 Å². The molecule has 0 aromatic carbocycles. The molecule has 4 nitrogen and oxygen atoms in total. The van der Waals surface area contributed by atoms with Gasteiger partial charge in [-0.1, -0.05) is 6.92 Å². The molecule has 1 saturated carbocycles. The highest BCUT2D eigenvalue weighted by molar-refractivity contribution is 8.15. The SMILES string of the molecule is CC1CC1C(=O)NCc1ccc(S(=O)(=O)Cl)s1. The first-order valence-electron chi connectivity index (χ1n) is 5.19. The second-order valence-electron chi connectivity index (χ2n) is 4.20. The monoisotopic (exact) mass is 293 g/mol. The molecule has 2 atom stereocenters. The first-order chi connectivity index (χ1) is 7.88. The topological polar surface area (TPSA) is 63.2 Å². The summed E-state index contributed by atoms with van der Waals surface area (Å²) in [4.78, 5) is 12.3. The van der Waals surface area contributed by atoms with Gasteiger partial charge in [0, 0.05) is 21.5 Å². The summed E-state index contributed by atoms with van der Waals surface area (Å²) in [5, 5.41) is 2.79. The zero-order valence-corrected chi connectivity index (χ0v) is 11.5. The highest BCUT2D eigenvalue weighted by Gasteiger charge is 2.38. The number of hydrogen-bond donors (Lipinski definition) is 1. The molecule has 2 unspecified atom stereocenters. The van der Waals surface area contributed by atoms with Gasteiger partial charge >= 0.3 is 0 Å². The Labute approximate surface area is 108 Å². The van der Waals surface area contributed by atoms with E-state index >= 15 is 0 Å². The summed E-state index contributed by atoms with van der Waals surface area (Å²) in [5.74, 6) is 0.643. The van der Waals surface area contributed by atoms with E-state index in [1.54, 1.807) is 6.07 Å². The van der Waals surface area contributed by atoms with Crippen molar-refractivity contribution < 1.29 is 13.2 Å². The van der Waals surface area contributed by atoms with Crippen LogP contribution in [0.1, 0.15) is 18.2 Å². The Kier molecular flexibility index (Phi) is 3.47. The van der Waals surface area contributed by atoms with Crippen LogP contribution < -0.4 is 5.32 Å². The summed E-state index contributed by atoms with van der Waals surface area (Å²) in [7, 11) is 1.55. The minimum Gasteiger partial charge on any atom is -0.351 e. The molecule has 1 heterocycles. The molecule has 7 heteroatoms. The summed E-state index contributed by atoms with van der Waals surface area (Å²) in [5.41, 5.74) is 0. The molecule has 0 radical (unpaired) electrons. The first-order valence-corrected chi connectivity index (χ1v) is 8.31. The number of thiophene rings is 1. The molecule has 1 aliphatic carbocycles. The van der Waals surface area contributed by atoms with E-state index < -0.39 is 9.05 Å². The summed E-state index contributed by atoms with van der Waals surface area (Å²) in [6.45, 7) is 2.40. The van der Waals surface area contributed by atoms with Crippen LogP contribution in [0.15, 0.2) is 16.3 Å². The van der Waals surface area contributed by atoms with Crippen LogP contribution in [-0.4, -0.2) is 14.3 Å². The number of carbonyl (C=O) groups is 1. The number of carbonyl (C=O) groups excluding carboxylic acids is 1. The van der Waals surface area contributed by atoms with Crippen LogP contribution in [0.25, 0.3) is 0 Å². The normalized spacial score (nSPS) is 23.4. The standard InChI is InChI=1S/C10H12ClNO3S2/c1-6-4-8(6)10(13)12-5-7-2-3-9(16-7)17(11,14)15/h2-3,6,8H,4-5H2,1H3,(H,12,13). The number of hydrogen-bond acceptors (Lipinski definition) is 4. The van der Waals surface area contributed by atoms with Gasteiger partial charge in [-0.25, -0.2) is 8.42 Å². The lowest BCUT2D eigenvalue weighted by Crippen LogP contribution is -2.24. The first kappa shape index (κ1) is 12.9. The Balaban J connectivity index is 1.92. The fourth-order valence-corrected chi connectivity index (χ4v) is 3.64. The van der Waals surface area contributed by atoms with Crippen LogP contribution in [-0.2, 0) is 20.4 Å². The number of rotatable bonds is 4. The Morgan fingerprint density at radius 2 is 2.24 bits per heavy atom. The van der Waals surface area contributed by atoms with E-state index in [1.807, 2.05) is 6.92 Å². The third-order valence-corrected chi connectivity index (χ3v) is 5.94. The van der Waals surface area contributed by atoms with E-state index in [9.17, 15) is 13.2 Å². The van der Waals surface area contributed by atoms with Crippen LogP contribution in [0, 0.1) is 11.8 Å². The summed E-state index contributed by atoms with van der Waals surface area (Å²) in [6, 6.07) is 3.12. The molecule has 94 valence electrons. The van der Waals surface area contributed by atoms with Crippen molar-refractivity contribution in [3.63, 3.8) is 0 Å². The number of halogens is 1. The van der Waals surface area contributed by atoms with Gasteiger partial charge in [0.2, 0.25) is 5.91 Å². The Bertz CT molecular complexity index is 538. The minimum atomic E-state index is -3.66. The van der Waals surface area contributed by atoms with Crippen molar-refractivity contribution in [3.05, 3.63) is 17.0 Å². The molecule has 0 saturated heterocycles. The van der Waals surface area contributed by atoms with E-state index in [1.165, 1.54) is 6.07 Å². The molecule has 0 bridgehead atoms. The fraction of sp³-hybridized carbons (Fsp3) is 0.500. The third-order valence-electron chi connectivity index (χ3n) is 2.76. The van der Waals surface area contributed by atoms with E-state index in [4.69, 9.17) is 10.7 Å². The lowest BCUT2D eigenvalue weighted by atomic mass is 10.3. The highest BCUT2D eigenvalue weighted by atomic mass is 35.7. The maximum absolute atomic E-state index is 11.5.